The summed E-state index contributed by atoms with van der Waals surface area (Å²) in [6.45, 7) is 0. The summed E-state index contributed by atoms with van der Waals surface area (Å²) in [5.74, 6) is -0.0775. The predicted octanol–water partition coefficient (Wildman–Crippen LogP) is 2.84. The SMILES string of the molecule is COc1ccc(N2C(=N)/C(=C/c3ccccc3)C(N)=C(C#N)C2=O)cc1. The number of nitrogens with one attached hydrogen (secondary N) is 1. The maximum Gasteiger partial charge on any atom is 0.276 e. The van der Waals surface area contributed by atoms with Gasteiger partial charge in [-0.1, -0.05) is 30.3 Å². The second-order valence-electron chi connectivity index (χ2n) is 5.56. The maximum atomic E-state index is 12.7. The van der Waals surface area contributed by atoms with Crippen molar-refractivity contribution in [2.45, 2.75) is 0 Å². The Morgan fingerprint density at radius 2 is 1.81 bits per heavy atom. The average Bonchev–Trinajstić information content (AvgIpc) is 2.67. The van der Waals surface area contributed by atoms with Gasteiger partial charge in [0.1, 0.15) is 23.2 Å². The van der Waals surface area contributed by atoms with E-state index in [1.54, 1.807) is 37.5 Å². The number of anilines is 1. The highest BCUT2D eigenvalue weighted by Crippen LogP contribution is 2.29. The number of carbonyl (C=O) groups is 1. The van der Waals surface area contributed by atoms with Crippen LogP contribution in [0, 0.1) is 16.7 Å². The van der Waals surface area contributed by atoms with E-state index in [4.69, 9.17) is 15.9 Å². The Morgan fingerprint density at radius 3 is 2.38 bits per heavy atom. The van der Waals surface area contributed by atoms with Gasteiger partial charge in [0.2, 0.25) is 0 Å². The number of benzene rings is 2. The highest BCUT2D eigenvalue weighted by atomic mass is 16.5. The van der Waals surface area contributed by atoms with Gasteiger partial charge in [-0.2, -0.15) is 5.26 Å². The van der Waals surface area contributed by atoms with Crippen LogP contribution in [0.1, 0.15) is 5.56 Å². The molecule has 0 fully saturated rings. The Bertz CT molecular complexity index is 967. The van der Waals surface area contributed by atoms with Gasteiger partial charge in [-0.05, 0) is 35.9 Å². The lowest BCUT2D eigenvalue weighted by atomic mass is 9.97. The summed E-state index contributed by atoms with van der Waals surface area (Å²) in [6, 6.07) is 17.8. The molecule has 0 bridgehead atoms. The third-order valence-electron chi connectivity index (χ3n) is 4.01. The number of nitriles is 1. The van der Waals surface area contributed by atoms with Crippen molar-refractivity contribution in [1.29, 1.82) is 10.7 Å². The minimum absolute atomic E-state index is 0.0103. The molecule has 3 rings (SSSR count). The molecule has 2 aromatic carbocycles. The highest BCUT2D eigenvalue weighted by molar-refractivity contribution is 6.33. The van der Waals surface area contributed by atoms with Crippen LogP contribution in [0.3, 0.4) is 0 Å². The summed E-state index contributed by atoms with van der Waals surface area (Å²) in [6.07, 6.45) is 1.69. The predicted molar refractivity (Wildman–Crippen MR) is 99.5 cm³/mol. The van der Waals surface area contributed by atoms with Gasteiger partial charge in [0.25, 0.3) is 5.91 Å². The number of nitrogens with two attached hydrogens (primary N) is 1. The van der Waals surface area contributed by atoms with E-state index >= 15 is 0 Å². The van der Waals surface area contributed by atoms with Crippen molar-refractivity contribution in [2.24, 2.45) is 5.73 Å². The zero-order chi connectivity index (χ0) is 18.7. The van der Waals surface area contributed by atoms with E-state index < -0.39 is 5.91 Å². The molecule has 1 aliphatic heterocycles. The van der Waals surface area contributed by atoms with E-state index in [1.165, 1.54) is 4.90 Å². The number of hydrogen-bond acceptors (Lipinski definition) is 5. The lowest BCUT2D eigenvalue weighted by Gasteiger charge is -2.29. The van der Waals surface area contributed by atoms with Gasteiger partial charge in [-0.3, -0.25) is 15.1 Å². The first kappa shape index (κ1) is 17.0. The van der Waals surface area contributed by atoms with Crippen molar-refractivity contribution in [1.82, 2.24) is 0 Å². The molecule has 0 unspecified atom stereocenters. The number of amidine groups is 1. The largest absolute Gasteiger partial charge is 0.497 e. The van der Waals surface area contributed by atoms with E-state index in [0.717, 1.165) is 5.56 Å². The van der Waals surface area contributed by atoms with Gasteiger partial charge < -0.3 is 10.5 Å². The van der Waals surface area contributed by atoms with Crippen LogP contribution in [0.4, 0.5) is 5.69 Å². The average molecular weight is 344 g/mol. The number of ether oxygens (including phenoxy) is 1. The minimum atomic E-state index is -0.620. The smallest absolute Gasteiger partial charge is 0.276 e. The molecule has 128 valence electrons. The summed E-state index contributed by atoms with van der Waals surface area (Å²) in [5, 5.41) is 17.9. The fourth-order valence-electron chi connectivity index (χ4n) is 2.66. The summed E-state index contributed by atoms with van der Waals surface area (Å²) < 4.78 is 5.12. The Balaban J connectivity index is 2.13. The number of rotatable bonds is 3. The van der Waals surface area contributed by atoms with E-state index in [2.05, 4.69) is 0 Å². The van der Waals surface area contributed by atoms with Gasteiger partial charge in [-0.15, -0.1) is 0 Å². The molecule has 3 N–H and O–H groups in total. The molecule has 0 saturated heterocycles. The van der Waals surface area contributed by atoms with Crippen LogP contribution in [0.5, 0.6) is 5.75 Å². The lowest BCUT2D eigenvalue weighted by Crippen LogP contribution is -2.44. The molecule has 0 spiro atoms. The Labute approximate surface area is 150 Å². The zero-order valence-corrected chi connectivity index (χ0v) is 14.1. The molecule has 1 amide bonds. The monoisotopic (exact) mass is 344 g/mol. The fraction of sp³-hybridized carbons (Fsp3) is 0.0500. The van der Waals surface area contributed by atoms with E-state index in [0.29, 0.717) is 17.0 Å². The fourth-order valence-corrected chi connectivity index (χ4v) is 2.66. The van der Waals surface area contributed by atoms with E-state index in [9.17, 15) is 10.1 Å². The van der Waals surface area contributed by atoms with Gasteiger partial charge in [0, 0.05) is 5.57 Å². The molecular formula is C20H16N4O2. The maximum absolute atomic E-state index is 12.7. The van der Waals surface area contributed by atoms with Crippen molar-refractivity contribution in [2.75, 3.05) is 12.0 Å². The van der Waals surface area contributed by atoms with Crippen LogP contribution in [0.25, 0.3) is 6.08 Å². The van der Waals surface area contributed by atoms with Crippen molar-refractivity contribution >= 4 is 23.5 Å². The van der Waals surface area contributed by atoms with Crippen LogP contribution in [-0.2, 0) is 4.79 Å². The summed E-state index contributed by atoms with van der Waals surface area (Å²) in [5.41, 5.74) is 7.45. The molecule has 0 aromatic heterocycles. The highest BCUT2D eigenvalue weighted by Gasteiger charge is 2.34. The van der Waals surface area contributed by atoms with Crippen LogP contribution < -0.4 is 15.4 Å². The van der Waals surface area contributed by atoms with Gasteiger partial charge in [0.05, 0.1) is 18.5 Å². The van der Waals surface area contributed by atoms with Crippen molar-refractivity contribution in [3.63, 3.8) is 0 Å². The molecule has 0 saturated carbocycles. The van der Waals surface area contributed by atoms with E-state index in [1.807, 2.05) is 36.4 Å². The first-order valence-corrected chi connectivity index (χ1v) is 7.81. The number of carbonyl (C=O) groups excluding carboxylic acids is 1. The second-order valence-corrected chi connectivity index (χ2v) is 5.56. The summed E-state index contributed by atoms with van der Waals surface area (Å²) in [4.78, 5) is 13.9. The van der Waals surface area contributed by atoms with Crippen LogP contribution in [-0.4, -0.2) is 18.9 Å². The molecular weight excluding hydrogens is 328 g/mol. The number of amides is 1. The summed E-state index contributed by atoms with van der Waals surface area (Å²) >= 11 is 0. The van der Waals surface area contributed by atoms with Crippen molar-refractivity contribution in [3.8, 4) is 11.8 Å². The number of methoxy groups -OCH3 is 1. The van der Waals surface area contributed by atoms with Crippen LogP contribution in [0.2, 0.25) is 0 Å². The standard InChI is InChI=1S/C20H16N4O2/c1-26-15-9-7-14(8-10-15)24-19(23)16(11-13-5-3-2-4-6-13)18(22)17(12-21)20(24)25/h2-11,23H,22H2,1H3/b16-11+,23-19?. The van der Waals surface area contributed by atoms with Gasteiger partial charge in [0.15, 0.2) is 0 Å². The molecule has 6 nitrogen and oxygen atoms in total. The molecule has 0 radical (unpaired) electrons. The van der Waals surface area contributed by atoms with Crippen LogP contribution in [0.15, 0.2) is 71.4 Å². The van der Waals surface area contributed by atoms with E-state index in [-0.39, 0.29) is 17.1 Å². The minimum Gasteiger partial charge on any atom is -0.497 e. The Hall–Kier alpha value is -3.85. The quantitative estimate of drug-likeness (QED) is 0.893. The molecule has 0 atom stereocenters. The third kappa shape index (κ3) is 2.94. The third-order valence-corrected chi connectivity index (χ3v) is 4.01. The Morgan fingerprint density at radius 1 is 1.15 bits per heavy atom. The number of nitrogens with zero attached hydrogens (tertiary/aromatic N) is 2. The first-order valence-electron chi connectivity index (χ1n) is 7.81. The molecule has 0 aliphatic carbocycles. The van der Waals surface area contributed by atoms with Crippen LogP contribution >= 0.6 is 0 Å². The molecule has 2 aromatic rings. The lowest BCUT2D eigenvalue weighted by molar-refractivity contribution is -0.114. The first-order chi connectivity index (χ1) is 12.6. The molecule has 1 aliphatic rings. The second kappa shape index (κ2) is 6.95. The van der Waals surface area contributed by atoms with Crippen molar-refractivity contribution < 1.29 is 9.53 Å². The van der Waals surface area contributed by atoms with Gasteiger partial charge >= 0.3 is 0 Å². The normalized spacial score (nSPS) is 16.0. The van der Waals surface area contributed by atoms with Crippen molar-refractivity contribution in [3.05, 3.63) is 77.0 Å². The van der Waals surface area contributed by atoms with Gasteiger partial charge in [-0.25, -0.2) is 0 Å². The summed E-state index contributed by atoms with van der Waals surface area (Å²) in [7, 11) is 1.54. The topological polar surface area (TPSA) is 103 Å². The molecule has 1 heterocycles. The zero-order valence-electron chi connectivity index (χ0n) is 14.1. The Kier molecular flexibility index (Phi) is 4.54. The molecule has 6 heteroatoms. The molecule has 26 heavy (non-hydrogen) atoms. The number of hydrogen-bond donors (Lipinski definition) is 2.